The van der Waals surface area contributed by atoms with E-state index < -0.39 is 0 Å². The maximum atomic E-state index is 12.4. The van der Waals surface area contributed by atoms with Crippen LogP contribution in [0.1, 0.15) is 19.4 Å². The highest BCUT2D eigenvalue weighted by molar-refractivity contribution is 7.99. The summed E-state index contributed by atoms with van der Waals surface area (Å²) in [7, 11) is 0. The number of carbonyl (C=O) groups is 1. The number of hydrogen-bond acceptors (Lipinski definition) is 7. The Hall–Kier alpha value is -4.11. The zero-order valence-corrected chi connectivity index (χ0v) is 20.9. The van der Waals surface area contributed by atoms with E-state index in [1.54, 1.807) is 6.21 Å². The summed E-state index contributed by atoms with van der Waals surface area (Å²) in [6.45, 7) is 5.09. The Morgan fingerprint density at radius 2 is 1.56 bits per heavy atom. The normalized spacial score (nSPS) is 10.9. The van der Waals surface area contributed by atoms with E-state index in [0.717, 1.165) is 28.3 Å². The average molecular weight is 502 g/mol. The molecule has 0 spiro atoms. The topological polar surface area (TPSA) is 90.6 Å². The van der Waals surface area contributed by atoms with Gasteiger partial charge in [-0.1, -0.05) is 42.1 Å². The van der Waals surface area contributed by atoms with Gasteiger partial charge in [0.15, 0.2) is 11.0 Å². The highest BCUT2D eigenvalue weighted by Gasteiger charge is 2.17. The predicted octanol–water partition coefficient (Wildman–Crippen LogP) is 4.97. The van der Waals surface area contributed by atoms with Crippen molar-refractivity contribution in [1.82, 2.24) is 20.2 Å². The molecule has 1 aromatic heterocycles. The summed E-state index contributed by atoms with van der Waals surface area (Å²) in [6, 6.07) is 25.0. The smallest absolute Gasteiger partial charge is 0.250 e. The van der Waals surface area contributed by atoms with Gasteiger partial charge in [0.25, 0.3) is 5.91 Å². The van der Waals surface area contributed by atoms with Gasteiger partial charge in [0.2, 0.25) is 0 Å². The Kier molecular flexibility index (Phi) is 8.72. The molecule has 36 heavy (non-hydrogen) atoms. The van der Waals surface area contributed by atoms with E-state index in [-0.39, 0.29) is 11.7 Å². The van der Waals surface area contributed by atoms with Crippen LogP contribution >= 0.6 is 11.8 Å². The molecule has 8 nitrogen and oxygen atoms in total. The number of thioether (sulfide) groups is 1. The lowest BCUT2D eigenvalue weighted by molar-refractivity contribution is -0.118. The molecule has 0 fully saturated rings. The van der Waals surface area contributed by atoms with Gasteiger partial charge >= 0.3 is 0 Å². The molecule has 3 aromatic carbocycles. The SMILES string of the molecule is CCOc1ccc(/C=N/NC(=O)CSc2nnc(-c3ccccc3)n2-c2ccc(OCC)cc2)cc1. The summed E-state index contributed by atoms with van der Waals surface area (Å²) in [5.74, 6) is 2.15. The van der Waals surface area contributed by atoms with Crippen molar-refractivity contribution in [2.24, 2.45) is 5.10 Å². The molecule has 4 rings (SSSR count). The quantitative estimate of drug-likeness (QED) is 0.177. The third-order valence-corrected chi connectivity index (χ3v) is 5.93. The van der Waals surface area contributed by atoms with E-state index in [4.69, 9.17) is 9.47 Å². The summed E-state index contributed by atoms with van der Waals surface area (Å²) in [5.41, 5.74) is 5.22. The van der Waals surface area contributed by atoms with Gasteiger partial charge in [-0.25, -0.2) is 5.43 Å². The second kappa shape index (κ2) is 12.6. The summed E-state index contributed by atoms with van der Waals surface area (Å²) in [5, 5.41) is 13.4. The summed E-state index contributed by atoms with van der Waals surface area (Å²) >= 11 is 1.29. The first-order valence-electron chi connectivity index (χ1n) is 11.6. The van der Waals surface area contributed by atoms with Crippen molar-refractivity contribution in [2.75, 3.05) is 19.0 Å². The Bertz CT molecular complexity index is 1290. The fourth-order valence-electron chi connectivity index (χ4n) is 3.39. The predicted molar refractivity (Wildman–Crippen MR) is 142 cm³/mol. The van der Waals surface area contributed by atoms with Crippen molar-refractivity contribution in [3.8, 4) is 28.6 Å². The molecule has 1 heterocycles. The minimum Gasteiger partial charge on any atom is -0.494 e. The second-order valence-corrected chi connectivity index (χ2v) is 8.46. The summed E-state index contributed by atoms with van der Waals surface area (Å²) in [6.07, 6.45) is 1.59. The van der Waals surface area contributed by atoms with Crippen molar-refractivity contribution in [3.63, 3.8) is 0 Å². The highest BCUT2D eigenvalue weighted by atomic mass is 32.2. The van der Waals surface area contributed by atoms with Crippen LogP contribution in [0.25, 0.3) is 17.1 Å². The van der Waals surface area contributed by atoms with Crippen molar-refractivity contribution < 1.29 is 14.3 Å². The number of hydrazone groups is 1. The lowest BCUT2D eigenvalue weighted by Gasteiger charge is -2.11. The molecule has 9 heteroatoms. The van der Waals surface area contributed by atoms with Gasteiger partial charge in [-0.2, -0.15) is 5.10 Å². The zero-order valence-electron chi connectivity index (χ0n) is 20.1. The number of rotatable bonds is 11. The number of amides is 1. The van der Waals surface area contributed by atoms with Gasteiger partial charge in [-0.15, -0.1) is 10.2 Å². The molecule has 0 radical (unpaired) electrons. The number of carbonyl (C=O) groups excluding carboxylic acids is 1. The van der Waals surface area contributed by atoms with Crippen LogP contribution in [0.5, 0.6) is 11.5 Å². The van der Waals surface area contributed by atoms with Crippen LogP contribution in [0.3, 0.4) is 0 Å². The van der Waals surface area contributed by atoms with Crippen LogP contribution in [-0.4, -0.2) is 45.9 Å². The Labute approximate surface area is 214 Å². The van der Waals surface area contributed by atoms with Crippen molar-refractivity contribution >= 4 is 23.9 Å². The van der Waals surface area contributed by atoms with Crippen LogP contribution < -0.4 is 14.9 Å². The third kappa shape index (κ3) is 6.51. The molecule has 0 aliphatic heterocycles. The highest BCUT2D eigenvalue weighted by Crippen LogP contribution is 2.28. The molecule has 0 aliphatic carbocycles. The molecule has 0 saturated carbocycles. The van der Waals surface area contributed by atoms with Gasteiger partial charge in [-0.3, -0.25) is 9.36 Å². The maximum absolute atomic E-state index is 12.4. The summed E-state index contributed by atoms with van der Waals surface area (Å²) in [4.78, 5) is 12.4. The minimum atomic E-state index is -0.246. The van der Waals surface area contributed by atoms with Gasteiger partial charge in [0, 0.05) is 11.3 Å². The van der Waals surface area contributed by atoms with E-state index in [1.165, 1.54) is 11.8 Å². The molecule has 1 N–H and O–H groups in total. The molecule has 0 aliphatic rings. The average Bonchev–Trinajstić information content (AvgIpc) is 3.34. The van der Waals surface area contributed by atoms with E-state index in [1.807, 2.05) is 97.3 Å². The van der Waals surface area contributed by atoms with Crippen LogP contribution in [-0.2, 0) is 4.79 Å². The van der Waals surface area contributed by atoms with Crippen molar-refractivity contribution in [2.45, 2.75) is 19.0 Å². The molecule has 1 amide bonds. The van der Waals surface area contributed by atoms with Gasteiger partial charge in [-0.05, 0) is 67.9 Å². The largest absolute Gasteiger partial charge is 0.494 e. The van der Waals surface area contributed by atoms with Crippen molar-refractivity contribution in [3.05, 3.63) is 84.4 Å². The van der Waals surface area contributed by atoms with Gasteiger partial charge < -0.3 is 9.47 Å². The first kappa shape index (κ1) is 25.0. The molecular weight excluding hydrogens is 474 g/mol. The van der Waals surface area contributed by atoms with Crippen LogP contribution in [0.2, 0.25) is 0 Å². The van der Waals surface area contributed by atoms with E-state index >= 15 is 0 Å². The minimum absolute atomic E-state index is 0.130. The fourth-order valence-corrected chi connectivity index (χ4v) is 4.13. The van der Waals surface area contributed by atoms with Crippen molar-refractivity contribution in [1.29, 1.82) is 0 Å². The molecule has 0 unspecified atom stereocenters. The molecule has 0 atom stereocenters. The number of hydrogen-bond donors (Lipinski definition) is 1. The number of nitrogens with zero attached hydrogens (tertiary/aromatic N) is 4. The molecule has 184 valence electrons. The molecule has 4 aromatic rings. The lowest BCUT2D eigenvalue weighted by Crippen LogP contribution is -2.20. The van der Waals surface area contributed by atoms with Gasteiger partial charge in [0.1, 0.15) is 11.5 Å². The van der Waals surface area contributed by atoms with E-state index in [9.17, 15) is 4.79 Å². The molecule has 0 bridgehead atoms. The van der Waals surface area contributed by atoms with Crippen LogP contribution in [0, 0.1) is 0 Å². The number of ether oxygens (including phenoxy) is 2. The number of nitrogens with one attached hydrogen (secondary N) is 1. The van der Waals surface area contributed by atoms with Gasteiger partial charge in [0.05, 0.1) is 25.2 Å². The Morgan fingerprint density at radius 1 is 0.917 bits per heavy atom. The lowest BCUT2D eigenvalue weighted by atomic mass is 10.2. The standard InChI is InChI=1S/C27H27N5O3S/c1-3-34-23-14-10-20(11-15-23)18-28-29-25(33)19-36-27-31-30-26(21-8-6-5-7-9-21)32(27)22-12-16-24(17-13-22)35-4-2/h5-18H,3-4,19H2,1-2H3,(H,29,33)/b28-18+. The summed E-state index contributed by atoms with van der Waals surface area (Å²) < 4.78 is 12.9. The maximum Gasteiger partial charge on any atom is 0.250 e. The van der Waals surface area contributed by atoms with E-state index in [2.05, 4.69) is 20.7 Å². The molecule has 0 saturated heterocycles. The Balaban J connectivity index is 1.45. The number of benzene rings is 3. The fraction of sp³-hybridized carbons (Fsp3) is 0.185. The monoisotopic (exact) mass is 501 g/mol. The van der Waals surface area contributed by atoms with Crippen LogP contribution in [0.15, 0.2) is 89.1 Å². The third-order valence-electron chi connectivity index (χ3n) is 5.00. The first-order chi connectivity index (χ1) is 17.7. The second-order valence-electron chi connectivity index (χ2n) is 7.52. The van der Waals surface area contributed by atoms with Crippen LogP contribution in [0.4, 0.5) is 0 Å². The Morgan fingerprint density at radius 3 is 2.19 bits per heavy atom. The first-order valence-corrected chi connectivity index (χ1v) is 12.6. The molecular formula is C27H27N5O3S. The van der Waals surface area contributed by atoms with E-state index in [0.29, 0.717) is 24.2 Å². The zero-order chi connectivity index (χ0) is 25.2. The number of aromatic nitrogens is 3.